The van der Waals surface area contributed by atoms with Crippen molar-refractivity contribution in [1.82, 2.24) is 9.47 Å². The molecule has 4 rings (SSSR count). The summed E-state index contributed by atoms with van der Waals surface area (Å²) in [5.74, 6) is 0. The number of hydrogen-bond acceptors (Lipinski definition) is 1. The third-order valence-corrected chi connectivity index (χ3v) is 6.91. The van der Waals surface area contributed by atoms with Crippen LogP contribution < -0.4 is 0 Å². The number of hydrogen-bond donors (Lipinski definition) is 0. The van der Waals surface area contributed by atoms with Crippen LogP contribution in [0.3, 0.4) is 0 Å². The highest BCUT2D eigenvalue weighted by Crippen LogP contribution is 2.31. The summed E-state index contributed by atoms with van der Waals surface area (Å²) >= 11 is 0. The van der Waals surface area contributed by atoms with Gasteiger partial charge in [-0.25, -0.2) is 0 Å². The van der Waals surface area contributed by atoms with E-state index in [9.17, 15) is 0 Å². The van der Waals surface area contributed by atoms with Gasteiger partial charge in [0.25, 0.3) is 0 Å². The molecule has 1 aromatic heterocycles. The van der Waals surface area contributed by atoms with Crippen LogP contribution in [0.4, 0.5) is 0 Å². The van der Waals surface area contributed by atoms with Crippen LogP contribution in [0.1, 0.15) is 67.8 Å². The fourth-order valence-corrected chi connectivity index (χ4v) is 5.09. The van der Waals surface area contributed by atoms with Crippen LogP contribution in [-0.4, -0.2) is 29.6 Å². The predicted octanol–water partition coefficient (Wildman–Crippen LogP) is 6.62. The van der Waals surface area contributed by atoms with Gasteiger partial charge in [0.2, 0.25) is 0 Å². The largest absolute Gasteiger partial charge is 0.344 e. The van der Waals surface area contributed by atoms with Crippen LogP contribution in [0.2, 0.25) is 0 Å². The fraction of sp³-hybridized carbons (Fsp3) is 0.500. The second-order valence-electron chi connectivity index (χ2n) is 9.11. The van der Waals surface area contributed by atoms with Crippen LogP contribution in [-0.2, 0) is 25.8 Å². The van der Waals surface area contributed by atoms with E-state index >= 15 is 0 Å². The van der Waals surface area contributed by atoms with Crippen molar-refractivity contribution in [3.8, 4) is 0 Å². The molecule has 2 heterocycles. The molecule has 1 aliphatic heterocycles. The molecule has 2 aromatic carbocycles. The van der Waals surface area contributed by atoms with E-state index in [1.807, 2.05) is 0 Å². The van der Waals surface area contributed by atoms with Gasteiger partial charge in [-0.1, -0.05) is 81.5 Å². The Morgan fingerprint density at radius 2 is 1.47 bits per heavy atom. The van der Waals surface area contributed by atoms with E-state index in [0.29, 0.717) is 0 Å². The summed E-state index contributed by atoms with van der Waals surface area (Å²) in [6, 6.07) is 18.2. The summed E-state index contributed by atoms with van der Waals surface area (Å²) < 4.78 is 2.67. The van der Waals surface area contributed by atoms with Crippen molar-refractivity contribution in [3.63, 3.8) is 0 Å². The van der Waals surface area contributed by atoms with Gasteiger partial charge in [-0.2, -0.15) is 0 Å². The maximum Gasteiger partial charge on any atom is 0.0485 e. The van der Waals surface area contributed by atoms with Gasteiger partial charge in [-0.15, -0.1) is 0 Å². The van der Waals surface area contributed by atoms with Gasteiger partial charge in [0.05, 0.1) is 0 Å². The molecule has 0 bridgehead atoms. The van der Waals surface area contributed by atoms with Crippen LogP contribution in [0.25, 0.3) is 10.9 Å². The zero-order valence-electron chi connectivity index (χ0n) is 19.0. The zero-order valence-corrected chi connectivity index (χ0v) is 19.0. The molecular weight excluding hydrogens is 364 g/mol. The molecule has 30 heavy (non-hydrogen) atoms. The molecule has 2 heteroatoms. The van der Waals surface area contributed by atoms with E-state index < -0.39 is 0 Å². The van der Waals surface area contributed by atoms with Crippen LogP contribution in [0, 0.1) is 0 Å². The Morgan fingerprint density at radius 1 is 0.767 bits per heavy atom. The van der Waals surface area contributed by atoms with Gasteiger partial charge < -0.3 is 9.47 Å². The fourth-order valence-electron chi connectivity index (χ4n) is 5.09. The zero-order chi connectivity index (χ0) is 20.8. The summed E-state index contributed by atoms with van der Waals surface area (Å²) in [7, 11) is 2.28. The summed E-state index contributed by atoms with van der Waals surface area (Å²) in [6.45, 7) is 5.73. The molecule has 0 spiro atoms. The lowest BCUT2D eigenvalue weighted by atomic mass is 9.96. The SMILES string of the molecule is CCCCCCCCn1c2c(c3ccccc31)CCN(C)CCc1ccccc1C2. The molecular formula is C28H38N2. The number of para-hydroxylation sites is 1. The standard InChI is InChI=1S/C28H38N2/c1-3-4-5-6-7-12-19-30-27-16-11-10-15-25(27)26-18-21-29(2)20-17-23-13-8-9-14-24(23)22-28(26)30/h8-11,13-16H,3-7,12,17-22H2,1-2H3. The Labute approximate surface area is 182 Å². The lowest BCUT2D eigenvalue weighted by molar-refractivity contribution is 0.341. The van der Waals surface area contributed by atoms with Crippen molar-refractivity contribution in [2.24, 2.45) is 0 Å². The van der Waals surface area contributed by atoms with Crippen LogP contribution in [0.5, 0.6) is 0 Å². The third kappa shape index (κ3) is 4.81. The summed E-state index contributed by atoms with van der Waals surface area (Å²) in [5, 5.41) is 1.48. The first-order valence-corrected chi connectivity index (χ1v) is 12.1. The Hall–Kier alpha value is -2.06. The topological polar surface area (TPSA) is 8.17 Å². The summed E-state index contributed by atoms with van der Waals surface area (Å²) in [4.78, 5) is 2.51. The van der Waals surface area contributed by atoms with Gasteiger partial charge in [0.15, 0.2) is 0 Å². The van der Waals surface area contributed by atoms with Gasteiger partial charge in [-0.05, 0) is 49.1 Å². The number of rotatable bonds is 7. The minimum atomic E-state index is 1.07. The van der Waals surface area contributed by atoms with Crippen molar-refractivity contribution in [3.05, 3.63) is 70.9 Å². The van der Waals surface area contributed by atoms with E-state index in [2.05, 4.69) is 72.0 Å². The van der Waals surface area contributed by atoms with E-state index in [-0.39, 0.29) is 0 Å². The molecule has 0 unspecified atom stereocenters. The normalized spacial score (nSPS) is 15.1. The second-order valence-corrected chi connectivity index (χ2v) is 9.11. The van der Waals surface area contributed by atoms with E-state index in [1.54, 1.807) is 11.3 Å². The van der Waals surface area contributed by atoms with Gasteiger partial charge >= 0.3 is 0 Å². The number of fused-ring (bicyclic) bond motifs is 4. The minimum Gasteiger partial charge on any atom is -0.344 e. The Bertz CT molecular complexity index is 952. The smallest absolute Gasteiger partial charge is 0.0485 e. The second kappa shape index (κ2) is 10.3. The average molecular weight is 403 g/mol. The summed E-state index contributed by atoms with van der Waals surface area (Å²) in [5.41, 5.74) is 7.62. The lowest BCUT2D eigenvalue weighted by Gasteiger charge is -2.21. The average Bonchev–Trinajstić information content (AvgIpc) is 3.06. The number of likely N-dealkylation sites (N-methyl/N-ethyl adjacent to an activating group) is 1. The van der Waals surface area contributed by atoms with E-state index in [4.69, 9.17) is 0 Å². The molecule has 0 amide bonds. The monoisotopic (exact) mass is 402 g/mol. The Kier molecular flexibility index (Phi) is 7.28. The number of unbranched alkanes of at least 4 members (excludes halogenated alkanes) is 5. The van der Waals surface area contributed by atoms with E-state index in [1.165, 1.54) is 60.6 Å². The first-order chi connectivity index (χ1) is 14.8. The van der Waals surface area contributed by atoms with Crippen molar-refractivity contribution >= 4 is 10.9 Å². The molecule has 0 saturated carbocycles. The highest BCUT2D eigenvalue weighted by atomic mass is 15.1. The molecule has 0 N–H and O–H groups in total. The number of benzene rings is 2. The molecule has 0 atom stereocenters. The minimum absolute atomic E-state index is 1.07. The number of nitrogens with zero attached hydrogens (tertiary/aromatic N) is 2. The molecule has 0 saturated heterocycles. The highest BCUT2D eigenvalue weighted by Gasteiger charge is 2.19. The van der Waals surface area contributed by atoms with Gasteiger partial charge in [0.1, 0.15) is 0 Å². The molecule has 0 fully saturated rings. The van der Waals surface area contributed by atoms with Crippen molar-refractivity contribution < 1.29 is 0 Å². The van der Waals surface area contributed by atoms with Gasteiger partial charge in [-0.3, -0.25) is 0 Å². The van der Waals surface area contributed by atoms with Crippen molar-refractivity contribution in [2.45, 2.75) is 71.3 Å². The Balaban J connectivity index is 1.69. The predicted molar refractivity (Wildman–Crippen MR) is 129 cm³/mol. The molecule has 0 aliphatic carbocycles. The number of aromatic nitrogens is 1. The molecule has 3 aromatic rings. The third-order valence-electron chi connectivity index (χ3n) is 6.91. The van der Waals surface area contributed by atoms with Crippen molar-refractivity contribution in [2.75, 3.05) is 20.1 Å². The Morgan fingerprint density at radius 3 is 2.33 bits per heavy atom. The molecule has 0 radical (unpaired) electrons. The maximum absolute atomic E-state index is 2.67. The van der Waals surface area contributed by atoms with Crippen LogP contribution in [0.15, 0.2) is 48.5 Å². The van der Waals surface area contributed by atoms with Crippen molar-refractivity contribution in [1.29, 1.82) is 0 Å². The first-order valence-electron chi connectivity index (χ1n) is 12.1. The molecule has 1 aliphatic rings. The van der Waals surface area contributed by atoms with E-state index in [0.717, 1.165) is 38.9 Å². The maximum atomic E-state index is 2.67. The highest BCUT2D eigenvalue weighted by molar-refractivity contribution is 5.86. The van der Waals surface area contributed by atoms with Crippen LogP contribution >= 0.6 is 0 Å². The van der Waals surface area contributed by atoms with Gasteiger partial charge in [0, 0.05) is 42.7 Å². The first kappa shape index (κ1) is 21.2. The summed E-state index contributed by atoms with van der Waals surface area (Å²) in [6.07, 6.45) is 11.5. The number of aryl methyl sites for hydroxylation is 1. The molecule has 2 nitrogen and oxygen atoms in total. The lowest BCUT2D eigenvalue weighted by Crippen LogP contribution is -2.25. The molecule has 160 valence electrons. The quantitative estimate of drug-likeness (QED) is 0.403.